The number of H-pyrrole nitrogens is 1. The van der Waals surface area contributed by atoms with E-state index in [1.807, 2.05) is 59.2 Å². The first-order chi connectivity index (χ1) is 14.9. The summed E-state index contributed by atoms with van der Waals surface area (Å²) in [6, 6.07) is 17.2. The number of aromatic amines is 1. The Kier molecular flexibility index (Phi) is 4.41. The Morgan fingerprint density at radius 3 is 2.42 bits per heavy atom. The molecule has 0 aliphatic heterocycles. The number of aromatic hydroxyl groups is 1. The Hall–Kier alpha value is -3.51. The summed E-state index contributed by atoms with van der Waals surface area (Å²) in [5, 5.41) is 24.2. The molecule has 0 fully saturated rings. The van der Waals surface area contributed by atoms with Crippen LogP contribution in [-0.2, 0) is 5.41 Å². The summed E-state index contributed by atoms with van der Waals surface area (Å²) >= 11 is 6.61. The van der Waals surface area contributed by atoms with Crippen molar-refractivity contribution >= 4 is 22.5 Å². The summed E-state index contributed by atoms with van der Waals surface area (Å²) in [6.45, 7) is 6.29. The van der Waals surface area contributed by atoms with Crippen LogP contribution in [0.4, 0.5) is 0 Å². The number of aromatic nitrogens is 4. The van der Waals surface area contributed by atoms with Gasteiger partial charge in [0.05, 0.1) is 16.8 Å². The third kappa shape index (κ3) is 3.11. The van der Waals surface area contributed by atoms with Crippen LogP contribution in [0.1, 0.15) is 26.5 Å². The van der Waals surface area contributed by atoms with Crippen molar-refractivity contribution in [2.24, 2.45) is 0 Å². The number of rotatable bonds is 3. The van der Waals surface area contributed by atoms with Crippen molar-refractivity contribution in [2.45, 2.75) is 26.2 Å². The molecule has 3 aromatic heterocycles. The van der Waals surface area contributed by atoms with Crippen LogP contribution in [0.25, 0.3) is 39.1 Å². The van der Waals surface area contributed by atoms with E-state index in [2.05, 4.69) is 36.1 Å². The van der Waals surface area contributed by atoms with Crippen molar-refractivity contribution in [3.05, 3.63) is 71.6 Å². The van der Waals surface area contributed by atoms with E-state index in [1.54, 1.807) is 6.26 Å². The predicted octanol–water partition coefficient (Wildman–Crippen LogP) is 6.33. The first-order valence-electron chi connectivity index (χ1n) is 9.94. The topological polar surface area (TPSA) is 79.9 Å². The molecular weight excluding hydrogens is 412 g/mol. The molecule has 31 heavy (non-hydrogen) atoms. The smallest absolute Gasteiger partial charge is 0.222 e. The first-order valence-corrected chi connectivity index (χ1v) is 10.3. The van der Waals surface area contributed by atoms with Gasteiger partial charge in [0.15, 0.2) is 0 Å². The molecule has 0 spiro atoms. The number of halogens is 1. The van der Waals surface area contributed by atoms with Gasteiger partial charge in [0, 0.05) is 33.3 Å². The van der Waals surface area contributed by atoms with Gasteiger partial charge >= 0.3 is 0 Å². The molecule has 0 atom stereocenters. The summed E-state index contributed by atoms with van der Waals surface area (Å²) in [4.78, 5) is 0. The molecule has 6 nitrogen and oxygen atoms in total. The van der Waals surface area contributed by atoms with Crippen molar-refractivity contribution in [3.63, 3.8) is 0 Å². The fourth-order valence-corrected chi connectivity index (χ4v) is 4.13. The van der Waals surface area contributed by atoms with Crippen LogP contribution in [0.15, 0.2) is 65.4 Å². The summed E-state index contributed by atoms with van der Waals surface area (Å²) < 4.78 is 6.76. The average molecular weight is 433 g/mol. The van der Waals surface area contributed by atoms with Crippen molar-refractivity contribution in [2.75, 3.05) is 0 Å². The molecule has 3 heterocycles. The van der Waals surface area contributed by atoms with E-state index in [1.165, 1.54) is 0 Å². The Labute approximate surface area is 184 Å². The molecule has 156 valence electrons. The highest BCUT2D eigenvalue weighted by molar-refractivity contribution is 6.33. The zero-order valence-electron chi connectivity index (χ0n) is 17.3. The molecule has 0 unspecified atom stereocenters. The second-order valence-electron chi connectivity index (χ2n) is 8.49. The number of fused-ring (bicyclic) bond motifs is 1. The molecule has 2 N–H and O–H groups in total. The minimum absolute atomic E-state index is 0.0853. The van der Waals surface area contributed by atoms with E-state index in [9.17, 15) is 5.11 Å². The summed E-state index contributed by atoms with van der Waals surface area (Å²) in [7, 11) is 0. The van der Waals surface area contributed by atoms with Crippen LogP contribution in [0.3, 0.4) is 0 Å². The first kappa shape index (κ1) is 19.5. The molecule has 0 radical (unpaired) electrons. The highest BCUT2D eigenvalue weighted by Crippen LogP contribution is 2.45. The fraction of sp³-hybridized carbons (Fsp3) is 0.167. The van der Waals surface area contributed by atoms with E-state index in [4.69, 9.17) is 16.1 Å². The quantitative estimate of drug-likeness (QED) is 0.349. The van der Waals surface area contributed by atoms with Gasteiger partial charge in [-0.2, -0.15) is 5.10 Å². The van der Waals surface area contributed by atoms with Gasteiger partial charge < -0.3 is 9.63 Å². The Morgan fingerprint density at radius 1 is 1.03 bits per heavy atom. The molecule has 0 saturated heterocycles. The van der Waals surface area contributed by atoms with Crippen molar-refractivity contribution in [3.8, 4) is 34.1 Å². The van der Waals surface area contributed by atoms with Crippen molar-refractivity contribution in [1.82, 2.24) is 19.9 Å². The maximum Gasteiger partial charge on any atom is 0.222 e. The Bertz CT molecular complexity index is 1370. The second kappa shape index (κ2) is 7.03. The van der Waals surface area contributed by atoms with Gasteiger partial charge in [-0.3, -0.25) is 9.67 Å². The van der Waals surface area contributed by atoms with E-state index < -0.39 is 0 Å². The van der Waals surface area contributed by atoms with Crippen LogP contribution in [-0.4, -0.2) is 25.0 Å². The lowest BCUT2D eigenvalue weighted by atomic mass is 9.89. The predicted molar refractivity (Wildman–Crippen MR) is 122 cm³/mol. The van der Waals surface area contributed by atoms with Crippen LogP contribution in [0.2, 0.25) is 5.02 Å². The Morgan fingerprint density at radius 2 is 1.77 bits per heavy atom. The molecule has 5 rings (SSSR count). The van der Waals surface area contributed by atoms with E-state index in [-0.39, 0.29) is 11.3 Å². The average Bonchev–Trinajstić information content (AvgIpc) is 3.46. The lowest BCUT2D eigenvalue weighted by Crippen LogP contribution is -2.12. The molecule has 5 aromatic rings. The van der Waals surface area contributed by atoms with Crippen LogP contribution in [0, 0.1) is 0 Å². The zero-order valence-corrected chi connectivity index (χ0v) is 18.1. The molecule has 0 bridgehead atoms. The van der Waals surface area contributed by atoms with Gasteiger partial charge in [0.2, 0.25) is 5.88 Å². The van der Waals surface area contributed by atoms with Crippen LogP contribution >= 0.6 is 11.6 Å². The molecule has 0 aliphatic carbocycles. The highest BCUT2D eigenvalue weighted by Gasteiger charge is 2.30. The van der Waals surface area contributed by atoms with Gasteiger partial charge in [0.1, 0.15) is 17.5 Å². The summed E-state index contributed by atoms with van der Waals surface area (Å²) in [6.07, 6.45) is 1.54. The number of benzene rings is 2. The number of nitrogens with zero attached hydrogens (tertiary/aromatic N) is 3. The molecule has 0 amide bonds. The largest absolute Gasteiger partial charge is 0.493 e. The maximum absolute atomic E-state index is 11.2. The van der Waals surface area contributed by atoms with E-state index in [0.29, 0.717) is 10.5 Å². The lowest BCUT2D eigenvalue weighted by Gasteiger charge is -2.18. The third-order valence-electron chi connectivity index (χ3n) is 5.36. The van der Waals surface area contributed by atoms with Gasteiger partial charge in [-0.25, -0.2) is 0 Å². The van der Waals surface area contributed by atoms with Crippen LogP contribution < -0.4 is 0 Å². The molecule has 0 saturated carbocycles. The SMILES string of the molecule is CC(C)(C)c1n[nH]c2c(O)n(-c3ccc(-c4ccon4)cc3)c(-c3ccccc3Cl)c12. The highest BCUT2D eigenvalue weighted by atomic mass is 35.5. The minimum atomic E-state index is -0.232. The zero-order chi connectivity index (χ0) is 21.8. The number of hydrogen-bond donors (Lipinski definition) is 2. The molecule has 0 aliphatic rings. The second-order valence-corrected chi connectivity index (χ2v) is 8.90. The summed E-state index contributed by atoms with van der Waals surface area (Å²) in [5.74, 6) is 0.0853. The van der Waals surface area contributed by atoms with Crippen LogP contribution in [0.5, 0.6) is 5.88 Å². The van der Waals surface area contributed by atoms with Gasteiger partial charge in [0.25, 0.3) is 0 Å². The summed E-state index contributed by atoms with van der Waals surface area (Å²) in [5.41, 5.74) is 5.30. The standard InChI is InChI=1S/C24H21ClN4O2/c1-24(2,3)22-19-20(26-27-22)23(30)29(21(19)16-6-4-5-7-17(16)25)15-10-8-14(9-11-15)18-12-13-31-28-18/h4-13,26,30H,1-3H3. The lowest BCUT2D eigenvalue weighted by molar-refractivity contribution is 0.422. The minimum Gasteiger partial charge on any atom is -0.493 e. The van der Waals surface area contributed by atoms with E-state index >= 15 is 0 Å². The normalized spacial score (nSPS) is 12.0. The molecule has 7 heteroatoms. The monoisotopic (exact) mass is 432 g/mol. The van der Waals surface area contributed by atoms with Gasteiger partial charge in [-0.1, -0.05) is 67.9 Å². The molecule has 2 aromatic carbocycles. The van der Waals surface area contributed by atoms with Gasteiger partial charge in [-0.15, -0.1) is 0 Å². The van der Waals surface area contributed by atoms with Crippen molar-refractivity contribution in [1.29, 1.82) is 0 Å². The molecular formula is C24H21ClN4O2. The maximum atomic E-state index is 11.2. The fourth-order valence-electron chi connectivity index (χ4n) is 3.91. The van der Waals surface area contributed by atoms with E-state index in [0.717, 1.165) is 39.3 Å². The number of nitrogens with one attached hydrogen (secondary N) is 1. The van der Waals surface area contributed by atoms with Gasteiger partial charge in [-0.05, 0) is 18.2 Å². The van der Waals surface area contributed by atoms with Crippen molar-refractivity contribution < 1.29 is 9.63 Å². The third-order valence-corrected chi connectivity index (χ3v) is 5.69. The number of hydrogen-bond acceptors (Lipinski definition) is 4. The Balaban J connectivity index is 1.81.